The predicted octanol–water partition coefficient (Wildman–Crippen LogP) is 2.64. The van der Waals surface area contributed by atoms with Gasteiger partial charge in [0.15, 0.2) is 0 Å². The van der Waals surface area contributed by atoms with E-state index in [1.54, 1.807) is 6.20 Å². The van der Waals surface area contributed by atoms with Crippen molar-refractivity contribution >= 4 is 11.5 Å². The maximum Gasteiger partial charge on any atom is 0.125 e. The molecule has 2 rings (SSSR count). The first-order valence-corrected chi connectivity index (χ1v) is 6.31. The zero-order valence-corrected chi connectivity index (χ0v) is 11.3. The molecule has 0 aliphatic carbocycles. The maximum atomic E-state index is 5.70. The molecule has 0 amide bonds. The van der Waals surface area contributed by atoms with Crippen molar-refractivity contribution in [3.8, 4) is 5.75 Å². The number of nitrogens with one attached hydrogen (secondary N) is 1. The first-order chi connectivity index (χ1) is 9.25. The van der Waals surface area contributed by atoms with Crippen LogP contribution in [0.5, 0.6) is 5.75 Å². The second-order valence-corrected chi connectivity index (χ2v) is 4.38. The smallest absolute Gasteiger partial charge is 0.125 e. The summed E-state index contributed by atoms with van der Waals surface area (Å²) in [5.74, 6) is 1.75. The summed E-state index contributed by atoms with van der Waals surface area (Å²) in [7, 11) is 4.03. The average Bonchev–Trinajstić information content (AvgIpc) is 2.45. The van der Waals surface area contributed by atoms with Gasteiger partial charge in [0.25, 0.3) is 0 Å². The van der Waals surface area contributed by atoms with Gasteiger partial charge >= 0.3 is 0 Å². The molecule has 0 aliphatic rings. The third-order valence-corrected chi connectivity index (χ3v) is 2.68. The van der Waals surface area contributed by atoms with Crippen LogP contribution >= 0.6 is 0 Å². The highest BCUT2D eigenvalue weighted by molar-refractivity contribution is 5.49. The van der Waals surface area contributed by atoms with E-state index in [1.807, 2.05) is 50.5 Å². The van der Waals surface area contributed by atoms with Crippen LogP contribution in [0.4, 0.5) is 11.5 Å². The Balaban J connectivity index is 1.78. The number of hydrogen-bond acceptors (Lipinski definition) is 4. The first kappa shape index (κ1) is 13.2. The number of pyridine rings is 1. The lowest BCUT2D eigenvalue weighted by Crippen LogP contribution is -2.13. The summed E-state index contributed by atoms with van der Waals surface area (Å²) in [6.07, 6.45) is 1.77. The van der Waals surface area contributed by atoms with E-state index in [2.05, 4.69) is 21.3 Å². The lowest BCUT2D eigenvalue weighted by Gasteiger charge is -2.14. The van der Waals surface area contributed by atoms with Crippen molar-refractivity contribution in [1.82, 2.24) is 4.98 Å². The molecule has 4 heteroatoms. The Labute approximate surface area is 114 Å². The van der Waals surface area contributed by atoms with E-state index in [0.717, 1.165) is 23.8 Å². The van der Waals surface area contributed by atoms with Crippen LogP contribution in [-0.2, 0) is 0 Å². The van der Waals surface area contributed by atoms with Gasteiger partial charge in [-0.05, 0) is 24.3 Å². The standard InChI is InChI=1S/C15H19N3O/c1-18(2)13-6-5-7-14(12-13)19-11-10-17-15-8-3-4-9-16-15/h3-9,12H,10-11H2,1-2H3,(H,16,17). The number of hydrogen-bond donors (Lipinski definition) is 1. The van der Waals surface area contributed by atoms with Gasteiger partial charge in [0.05, 0.1) is 6.54 Å². The van der Waals surface area contributed by atoms with Gasteiger partial charge in [-0.2, -0.15) is 0 Å². The normalized spacial score (nSPS) is 10.0. The molecule has 1 N–H and O–H groups in total. The summed E-state index contributed by atoms with van der Waals surface area (Å²) >= 11 is 0. The Hall–Kier alpha value is -2.23. The fourth-order valence-corrected chi connectivity index (χ4v) is 1.67. The minimum Gasteiger partial charge on any atom is -0.492 e. The Kier molecular flexibility index (Phi) is 4.61. The summed E-state index contributed by atoms with van der Waals surface area (Å²) in [6, 6.07) is 13.8. The summed E-state index contributed by atoms with van der Waals surface area (Å²) in [4.78, 5) is 6.24. The monoisotopic (exact) mass is 257 g/mol. The van der Waals surface area contributed by atoms with Crippen LogP contribution in [0, 0.1) is 0 Å². The van der Waals surface area contributed by atoms with Crippen LogP contribution in [0.1, 0.15) is 0 Å². The van der Waals surface area contributed by atoms with Gasteiger partial charge in [-0.1, -0.05) is 12.1 Å². The van der Waals surface area contributed by atoms with Crippen molar-refractivity contribution in [2.75, 3.05) is 37.5 Å². The molecular weight excluding hydrogens is 238 g/mol. The van der Waals surface area contributed by atoms with E-state index in [4.69, 9.17) is 4.74 Å². The number of anilines is 2. The minimum absolute atomic E-state index is 0.605. The number of ether oxygens (including phenoxy) is 1. The Morgan fingerprint density at radius 3 is 2.79 bits per heavy atom. The Morgan fingerprint density at radius 2 is 2.05 bits per heavy atom. The molecular formula is C15H19N3O. The second kappa shape index (κ2) is 6.64. The highest BCUT2D eigenvalue weighted by atomic mass is 16.5. The van der Waals surface area contributed by atoms with Crippen molar-refractivity contribution in [2.45, 2.75) is 0 Å². The lowest BCUT2D eigenvalue weighted by atomic mass is 10.3. The molecule has 1 aromatic heterocycles. The molecule has 0 radical (unpaired) electrons. The zero-order chi connectivity index (χ0) is 13.5. The quantitative estimate of drug-likeness (QED) is 0.807. The number of aromatic nitrogens is 1. The largest absolute Gasteiger partial charge is 0.492 e. The fourth-order valence-electron chi connectivity index (χ4n) is 1.67. The zero-order valence-electron chi connectivity index (χ0n) is 11.3. The molecule has 100 valence electrons. The predicted molar refractivity (Wildman–Crippen MR) is 79.0 cm³/mol. The van der Waals surface area contributed by atoms with Gasteiger partial charge in [0.2, 0.25) is 0 Å². The van der Waals surface area contributed by atoms with Gasteiger partial charge in [-0.3, -0.25) is 0 Å². The third-order valence-electron chi connectivity index (χ3n) is 2.68. The van der Waals surface area contributed by atoms with Gasteiger partial charge in [0, 0.05) is 32.0 Å². The van der Waals surface area contributed by atoms with Crippen LogP contribution in [0.25, 0.3) is 0 Å². The summed E-state index contributed by atoms with van der Waals surface area (Å²) in [5.41, 5.74) is 1.13. The van der Waals surface area contributed by atoms with Crippen molar-refractivity contribution in [3.63, 3.8) is 0 Å². The molecule has 1 aromatic carbocycles. The molecule has 0 spiro atoms. The molecule has 0 bridgehead atoms. The van der Waals surface area contributed by atoms with Crippen molar-refractivity contribution < 1.29 is 4.74 Å². The van der Waals surface area contributed by atoms with E-state index in [0.29, 0.717) is 6.61 Å². The highest BCUT2D eigenvalue weighted by Gasteiger charge is 1.98. The number of benzene rings is 1. The van der Waals surface area contributed by atoms with Gasteiger partial charge in [-0.15, -0.1) is 0 Å². The van der Waals surface area contributed by atoms with Gasteiger partial charge < -0.3 is 15.0 Å². The Morgan fingerprint density at radius 1 is 1.16 bits per heavy atom. The van der Waals surface area contributed by atoms with Crippen molar-refractivity contribution in [3.05, 3.63) is 48.7 Å². The fraction of sp³-hybridized carbons (Fsp3) is 0.267. The highest BCUT2D eigenvalue weighted by Crippen LogP contribution is 2.19. The average molecular weight is 257 g/mol. The topological polar surface area (TPSA) is 37.4 Å². The van der Waals surface area contributed by atoms with E-state index in [1.165, 1.54) is 0 Å². The Bertz CT molecular complexity index is 500. The molecule has 0 saturated heterocycles. The minimum atomic E-state index is 0.605. The van der Waals surface area contributed by atoms with E-state index in [9.17, 15) is 0 Å². The van der Waals surface area contributed by atoms with Crippen molar-refractivity contribution in [2.24, 2.45) is 0 Å². The maximum absolute atomic E-state index is 5.70. The molecule has 0 unspecified atom stereocenters. The number of rotatable bonds is 6. The van der Waals surface area contributed by atoms with Crippen LogP contribution in [0.3, 0.4) is 0 Å². The van der Waals surface area contributed by atoms with Crippen LogP contribution in [-0.4, -0.2) is 32.2 Å². The SMILES string of the molecule is CN(C)c1cccc(OCCNc2ccccn2)c1. The molecule has 0 atom stereocenters. The molecule has 1 heterocycles. The summed E-state index contributed by atoms with van der Waals surface area (Å²) < 4.78 is 5.70. The van der Waals surface area contributed by atoms with Gasteiger partial charge in [-0.25, -0.2) is 4.98 Å². The van der Waals surface area contributed by atoms with Crippen LogP contribution in [0.2, 0.25) is 0 Å². The third kappa shape index (κ3) is 4.17. The molecule has 2 aromatic rings. The van der Waals surface area contributed by atoms with Gasteiger partial charge in [0.1, 0.15) is 18.2 Å². The molecule has 0 aliphatic heterocycles. The molecule has 19 heavy (non-hydrogen) atoms. The number of nitrogens with zero attached hydrogens (tertiary/aromatic N) is 2. The summed E-state index contributed by atoms with van der Waals surface area (Å²) in [6.45, 7) is 1.33. The van der Waals surface area contributed by atoms with Crippen LogP contribution in [0.15, 0.2) is 48.7 Å². The second-order valence-electron chi connectivity index (χ2n) is 4.38. The molecule has 0 fully saturated rings. The van der Waals surface area contributed by atoms with Crippen molar-refractivity contribution in [1.29, 1.82) is 0 Å². The van der Waals surface area contributed by atoms with E-state index >= 15 is 0 Å². The molecule has 4 nitrogen and oxygen atoms in total. The van der Waals surface area contributed by atoms with E-state index < -0.39 is 0 Å². The first-order valence-electron chi connectivity index (χ1n) is 6.31. The van der Waals surface area contributed by atoms with E-state index in [-0.39, 0.29) is 0 Å². The lowest BCUT2D eigenvalue weighted by molar-refractivity contribution is 0.333. The summed E-state index contributed by atoms with van der Waals surface area (Å²) in [5, 5.41) is 3.21. The molecule has 0 saturated carbocycles. The van der Waals surface area contributed by atoms with Crippen LogP contribution < -0.4 is 15.0 Å².